The summed E-state index contributed by atoms with van der Waals surface area (Å²) >= 11 is 0. The molecule has 10 nitrogen and oxygen atoms in total. The molecule has 0 aromatic carbocycles. The zero-order valence-corrected chi connectivity index (χ0v) is 24.4. The number of esters is 2. The Kier molecular flexibility index (Phi) is 12.2. The number of carbonyl (C=O) groups excluding carboxylic acids is 2. The van der Waals surface area contributed by atoms with Gasteiger partial charge in [0.15, 0.2) is 23.7 Å². The van der Waals surface area contributed by atoms with E-state index in [1.165, 1.54) is 13.8 Å². The molecule has 2 rings (SSSR count). The van der Waals surface area contributed by atoms with Crippen LogP contribution in [0.1, 0.15) is 90.9 Å². The van der Waals surface area contributed by atoms with Crippen molar-refractivity contribution in [1.82, 2.24) is 0 Å². The number of unbranched alkanes of at least 4 members (excludes halogenated alkanes) is 9. The number of rotatable bonds is 17. The average Bonchev–Trinajstić information content (AvgIpc) is 3.25. The Labute approximate surface area is 239 Å². The molecule has 2 heterocycles. The predicted molar refractivity (Wildman–Crippen MR) is 133 cm³/mol. The molecule has 2 aliphatic rings. The van der Waals surface area contributed by atoms with E-state index in [9.17, 15) is 52.8 Å². The molecular formula is C24H32F6O10S2. The molecule has 0 saturated carbocycles. The summed E-state index contributed by atoms with van der Waals surface area (Å²) in [7, 11) is -11.9. The number of halogens is 6. The molecule has 0 spiro atoms. The minimum atomic E-state index is -5.93. The molecule has 0 aliphatic carbocycles. The average molecular weight is 659 g/mol. The van der Waals surface area contributed by atoms with Crippen LogP contribution in [0.25, 0.3) is 0 Å². The van der Waals surface area contributed by atoms with Gasteiger partial charge in [0, 0.05) is 0 Å². The largest absolute Gasteiger partial charge is 0.534 e. The van der Waals surface area contributed by atoms with Crippen molar-refractivity contribution in [2.24, 2.45) is 0 Å². The van der Waals surface area contributed by atoms with Crippen LogP contribution in [-0.2, 0) is 47.7 Å². The van der Waals surface area contributed by atoms with Crippen LogP contribution in [0, 0.1) is 0 Å². The Hall–Kier alpha value is -2.50. The summed E-state index contributed by atoms with van der Waals surface area (Å²) in [6, 6.07) is 0. The lowest BCUT2D eigenvalue weighted by Gasteiger charge is -2.13. The van der Waals surface area contributed by atoms with Crippen molar-refractivity contribution < 1.29 is 70.6 Å². The number of hydrogen-bond acceptors (Lipinski definition) is 10. The summed E-state index contributed by atoms with van der Waals surface area (Å²) in [6.45, 7) is 2.42. The van der Waals surface area contributed by atoms with E-state index in [1.807, 2.05) is 0 Å². The van der Waals surface area contributed by atoms with Crippen LogP contribution >= 0.6 is 0 Å². The van der Waals surface area contributed by atoms with E-state index in [0.29, 0.717) is 25.7 Å². The first kappa shape index (κ1) is 35.7. The lowest BCUT2D eigenvalue weighted by molar-refractivity contribution is -0.140. The number of ether oxygens (including phenoxy) is 2. The van der Waals surface area contributed by atoms with E-state index in [-0.39, 0.29) is 24.0 Å². The van der Waals surface area contributed by atoms with Gasteiger partial charge in [0.25, 0.3) is 0 Å². The number of carbonyl (C=O) groups is 2. The van der Waals surface area contributed by atoms with Crippen molar-refractivity contribution in [3.8, 4) is 0 Å². The summed E-state index contributed by atoms with van der Waals surface area (Å²) in [6.07, 6.45) is 4.47. The maximum Gasteiger partial charge on any atom is 0.534 e. The van der Waals surface area contributed by atoms with Gasteiger partial charge in [-0.2, -0.15) is 43.2 Å². The van der Waals surface area contributed by atoms with Crippen molar-refractivity contribution in [1.29, 1.82) is 0 Å². The molecule has 0 N–H and O–H groups in total. The SMILES string of the molecule is C[C@@H]1OC(=O)C(CCCCCCCCCCCCC2=C(OS(=O)(=O)C(F)(F)F)[C@H](C)OC2=O)=C1OS(=O)(=O)C(F)(F)F. The van der Waals surface area contributed by atoms with E-state index in [2.05, 4.69) is 8.37 Å². The number of alkyl halides is 6. The van der Waals surface area contributed by atoms with Gasteiger partial charge in [0.1, 0.15) is 0 Å². The van der Waals surface area contributed by atoms with Gasteiger partial charge in [-0.1, -0.05) is 51.4 Å². The van der Waals surface area contributed by atoms with Crippen LogP contribution in [0.15, 0.2) is 22.7 Å². The molecule has 0 radical (unpaired) electrons. The minimum Gasteiger partial charge on any atom is -0.451 e. The normalized spacial score (nSPS) is 20.3. The summed E-state index contributed by atoms with van der Waals surface area (Å²) in [5.74, 6) is -3.13. The third-order valence-electron chi connectivity index (χ3n) is 6.46. The highest BCUT2D eigenvalue weighted by Crippen LogP contribution is 2.35. The summed E-state index contributed by atoms with van der Waals surface area (Å²) in [5.41, 5.74) is -11.7. The van der Waals surface area contributed by atoms with E-state index in [0.717, 1.165) is 38.5 Å². The van der Waals surface area contributed by atoms with Crippen molar-refractivity contribution in [3.05, 3.63) is 22.7 Å². The smallest absolute Gasteiger partial charge is 0.451 e. The van der Waals surface area contributed by atoms with Crippen molar-refractivity contribution in [2.75, 3.05) is 0 Å². The fourth-order valence-corrected chi connectivity index (χ4v) is 5.43. The highest BCUT2D eigenvalue weighted by Gasteiger charge is 2.52. The second-order valence-electron chi connectivity index (χ2n) is 9.78. The molecule has 0 bridgehead atoms. The second-order valence-corrected chi connectivity index (χ2v) is 12.9. The third-order valence-corrected chi connectivity index (χ3v) is 8.40. The van der Waals surface area contributed by atoms with Crippen molar-refractivity contribution >= 4 is 32.2 Å². The topological polar surface area (TPSA) is 139 Å². The molecule has 0 unspecified atom stereocenters. The first-order valence-corrected chi connectivity index (χ1v) is 16.0. The lowest BCUT2D eigenvalue weighted by atomic mass is 10.0. The molecular weight excluding hydrogens is 626 g/mol. The first-order chi connectivity index (χ1) is 19.3. The van der Waals surface area contributed by atoms with Crippen LogP contribution in [-0.4, -0.2) is 52.0 Å². The Balaban J connectivity index is 1.66. The highest BCUT2D eigenvalue weighted by atomic mass is 32.2. The molecule has 2 atom stereocenters. The van der Waals surface area contributed by atoms with Gasteiger partial charge in [0.05, 0.1) is 11.1 Å². The summed E-state index contributed by atoms with van der Waals surface area (Å²) in [5, 5.41) is 0. The minimum absolute atomic E-state index is 0.00350. The van der Waals surface area contributed by atoms with Crippen LogP contribution in [0.5, 0.6) is 0 Å². The van der Waals surface area contributed by atoms with Crippen molar-refractivity contribution in [2.45, 2.75) is 114 Å². The van der Waals surface area contributed by atoms with E-state index >= 15 is 0 Å². The predicted octanol–water partition coefficient (Wildman–Crippen LogP) is 5.80. The maximum atomic E-state index is 12.6. The van der Waals surface area contributed by atoms with Gasteiger partial charge in [-0.05, 0) is 39.5 Å². The maximum absolute atomic E-state index is 12.6. The van der Waals surface area contributed by atoms with Crippen molar-refractivity contribution in [3.63, 3.8) is 0 Å². The quantitative estimate of drug-likeness (QED) is 0.0620. The van der Waals surface area contributed by atoms with Gasteiger partial charge in [-0.25, -0.2) is 9.59 Å². The second kappa shape index (κ2) is 14.3. The monoisotopic (exact) mass is 658 g/mol. The van der Waals surface area contributed by atoms with Gasteiger partial charge in [0.2, 0.25) is 0 Å². The van der Waals surface area contributed by atoms with Crippen LogP contribution in [0.2, 0.25) is 0 Å². The molecule has 18 heteroatoms. The molecule has 0 amide bonds. The standard InChI is InChI=1S/C24H32F6O10S2/c1-15-19(39-41(33,34)23(25,26)27)17(21(31)37-15)13-11-9-7-5-3-4-6-8-10-12-14-18-20(16(2)38-22(18)32)40-42(35,36)24(28,29)30/h15-16H,3-14H2,1-2H3/t15-,16-/m0/s1. The van der Waals surface area contributed by atoms with E-state index < -0.39 is 66.9 Å². The fourth-order valence-electron chi connectivity index (χ4n) is 4.30. The van der Waals surface area contributed by atoms with Gasteiger partial charge in [-0.3, -0.25) is 0 Å². The van der Waals surface area contributed by atoms with Crippen LogP contribution < -0.4 is 0 Å². The summed E-state index contributed by atoms with van der Waals surface area (Å²) in [4.78, 5) is 23.8. The van der Waals surface area contributed by atoms with Gasteiger partial charge >= 0.3 is 43.2 Å². The Morgan fingerprint density at radius 3 is 1.10 bits per heavy atom. The first-order valence-electron chi connectivity index (χ1n) is 13.2. The number of hydrogen-bond donors (Lipinski definition) is 0. The zero-order valence-electron chi connectivity index (χ0n) is 22.8. The molecule has 0 saturated heterocycles. The third kappa shape index (κ3) is 9.50. The van der Waals surface area contributed by atoms with E-state index in [1.54, 1.807) is 0 Å². The molecule has 242 valence electrons. The highest BCUT2D eigenvalue weighted by molar-refractivity contribution is 7.88. The summed E-state index contributed by atoms with van der Waals surface area (Å²) < 4.78 is 139. The fraction of sp³-hybridized carbons (Fsp3) is 0.750. The molecule has 0 aromatic heterocycles. The lowest BCUT2D eigenvalue weighted by Crippen LogP contribution is -2.27. The van der Waals surface area contributed by atoms with Gasteiger partial charge in [-0.15, -0.1) is 0 Å². The molecule has 42 heavy (non-hydrogen) atoms. The molecule has 2 aliphatic heterocycles. The zero-order chi connectivity index (χ0) is 31.9. The Morgan fingerprint density at radius 1 is 0.571 bits per heavy atom. The molecule has 0 fully saturated rings. The van der Waals surface area contributed by atoms with Crippen LogP contribution in [0.4, 0.5) is 26.3 Å². The molecule has 0 aromatic rings. The van der Waals surface area contributed by atoms with Crippen LogP contribution in [0.3, 0.4) is 0 Å². The Bertz CT molecular complexity index is 1170. The Morgan fingerprint density at radius 2 is 0.833 bits per heavy atom. The number of cyclic esters (lactones) is 2. The van der Waals surface area contributed by atoms with Gasteiger partial charge < -0.3 is 17.8 Å². The van der Waals surface area contributed by atoms with E-state index in [4.69, 9.17) is 9.47 Å².